The zero-order chi connectivity index (χ0) is 18.1. The molecule has 0 fully saturated rings. The molecule has 0 saturated carbocycles. The van der Waals surface area contributed by atoms with Crippen LogP contribution in [0.1, 0.15) is 19.4 Å². The molecule has 1 heterocycles. The van der Waals surface area contributed by atoms with E-state index in [4.69, 9.17) is 23.2 Å². The summed E-state index contributed by atoms with van der Waals surface area (Å²) in [5.41, 5.74) is 0.475. The van der Waals surface area contributed by atoms with Gasteiger partial charge < -0.3 is 4.90 Å². The number of halogens is 2. The van der Waals surface area contributed by atoms with E-state index in [-0.39, 0.29) is 20.0 Å². The first kappa shape index (κ1) is 18.8. The molecule has 1 aromatic carbocycles. The summed E-state index contributed by atoms with van der Waals surface area (Å²) in [7, 11) is -4.05. The van der Waals surface area contributed by atoms with Crippen LogP contribution in [0.3, 0.4) is 0 Å². The van der Waals surface area contributed by atoms with Crippen molar-refractivity contribution in [3.63, 3.8) is 0 Å². The topological polar surface area (TPSA) is 72.3 Å². The average molecular weight is 390 g/mol. The van der Waals surface area contributed by atoms with Crippen LogP contribution in [0.25, 0.3) is 0 Å². The largest absolute Gasteiger partial charge is 0.344 e. The maximum absolute atomic E-state index is 12.9. The Kier molecular flexibility index (Phi) is 5.57. The average Bonchev–Trinajstić information content (AvgIpc) is 2.90. The predicted octanol–water partition coefficient (Wildman–Crippen LogP) is 3.64. The van der Waals surface area contributed by atoms with Gasteiger partial charge in [0.2, 0.25) is 14.9 Å². The number of nitrogens with zero attached hydrogens (tertiary/aromatic N) is 3. The van der Waals surface area contributed by atoms with Crippen molar-refractivity contribution in [3.05, 3.63) is 40.0 Å². The van der Waals surface area contributed by atoms with Gasteiger partial charge >= 0.3 is 6.03 Å². The number of hydrogen-bond donors (Lipinski definition) is 0. The molecule has 0 bridgehead atoms. The normalized spacial score (nSPS) is 11.5. The van der Waals surface area contributed by atoms with E-state index in [1.807, 2.05) is 13.8 Å². The molecular weight excluding hydrogens is 373 g/mol. The highest BCUT2D eigenvalue weighted by atomic mass is 35.5. The number of carbonyl (C=O) groups is 1. The highest BCUT2D eigenvalue weighted by Gasteiger charge is 2.30. The van der Waals surface area contributed by atoms with E-state index in [1.54, 1.807) is 19.1 Å². The quantitative estimate of drug-likeness (QED) is 0.799. The molecule has 2 aromatic rings. The Hall–Kier alpha value is -1.57. The van der Waals surface area contributed by atoms with Crippen molar-refractivity contribution in [3.8, 4) is 0 Å². The monoisotopic (exact) mass is 389 g/mol. The fourth-order valence-electron chi connectivity index (χ4n) is 2.31. The minimum atomic E-state index is -4.05. The summed E-state index contributed by atoms with van der Waals surface area (Å²) < 4.78 is 26.7. The Morgan fingerprint density at radius 2 is 1.83 bits per heavy atom. The Balaban J connectivity index is 2.56. The molecule has 0 aliphatic carbocycles. The predicted molar refractivity (Wildman–Crippen MR) is 92.6 cm³/mol. The van der Waals surface area contributed by atoms with E-state index in [0.29, 0.717) is 18.7 Å². The first-order chi connectivity index (χ1) is 11.2. The maximum Gasteiger partial charge on any atom is 0.344 e. The van der Waals surface area contributed by atoms with Crippen molar-refractivity contribution in [1.29, 1.82) is 0 Å². The van der Waals surface area contributed by atoms with Crippen molar-refractivity contribution in [2.45, 2.75) is 30.7 Å². The zero-order valence-corrected chi connectivity index (χ0v) is 15.8. The first-order valence-corrected chi connectivity index (χ1v) is 9.52. The Labute approximate surface area is 150 Å². The van der Waals surface area contributed by atoms with Crippen molar-refractivity contribution in [2.24, 2.45) is 0 Å². The molecule has 0 aliphatic heterocycles. The second-order valence-corrected chi connectivity index (χ2v) is 7.69. The summed E-state index contributed by atoms with van der Waals surface area (Å²) in [6, 6.07) is 4.32. The second kappa shape index (κ2) is 7.13. The number of amides is 1. The van der Waals surface area contributed by atoms with Crippen LogP contribution in [0.2, 0.25) is 10.0 Å². The number of sulfone groups is 1. The maximum atomic E-state index is 12.9. The third kappa shape index (κ3) is 3.29. The number of aromatic nitrogens is 2. The Morgan fingerprint density at radius 3 is 2.38 bits per heavy atom. The van der Waals surface area contributed by atoms with Crippen molar-refractivity contribution in [1.82, 2.24) is 14.7 Å². The minimum Gasteiger partial charge on any atom is -0.323 e. The summed E-state index contributed by atoms with van der Waals surface area (Å²) in [4.78, 5) is 13.8. The lowest BCUT2D eigenvalue weighted by Crippen LogP contribution is -2.34. The van der Waals surface area contributed by atoms with Gasteiger partial charge in [-0.2, -0.15) is 9.78 Å². The van der Waals surface area contributed by atoms with E-state index in [9.17, 15) is 13.2 Å². The van der Waals surface area contributed by atoms with Crippen molar-refractivity contribution in [2.75, 3.05) is 13.1 Å². The minimum absolute atomic E-state index is 0.0610. The summed E-state index contributed by atoms with van der Waals surface area (Å²) in [5, 5.41) is 3.47. The van der Waals surface area contributed by atoms with Gasteiger partial charge in [-0.1, -0.05) is 35.3 Å². The first-order valence-electron chi connectivity index (χ1n) is 7.28. The Morgan fingerprint density at radius 1 is 1.21 bits per heavy atom. The number of aryl methyl sites for hydroxylation is 1. The highest BCUT2D eigenvalue weighted by molar-refractivity contribution is 7.91. The smallest absolute Gasteiger partial charge is 0.323 e. The molecule has 24 heavy (non-hydrogen) atoms. The van der Waals surface area contributed by atoms with Crippen LogP contribution in [0, 0.1) is 6.92 Å². The molecule has 0 N–H and O–H groups in total. The Bertz CT molecular complexity index is 854. The van der Waals surface area contributed by atoms with Crippen LogP contribution in [0.15, 0.2) is 34.3 Å². The molecule has 0 unspecified atom stereocenters. The molecule has 9 heteroatoms. The van der Waals surface area contributed by atoms with Gasteiger partial charge in [-0.3, -0.25) is 0 Å². The van der Waals surface area contributed by atoms with Crippen molar-refractivity contribution >= 4 is 39.1 Å². The summed E-state index contributed by atoms with van der Waals surface area (Å²) in [6.45, 7) is 6.20. The summed E-state index contributed by atoms with van der Waals surface area (Å²) in [6.07, 6.45) is 1.20. The second-order valence-electron chi connectivity index (χ2n) is 5.07. The molecule has 1 amide bonds. The van der Waals surface area contributed by atoms with Crippen LogP contribution in [0.5, 0.6) is 0 Å². The van der Waals surface area contributed by atoms with Crippen LogP contribution in [-0.4, -0.2) is 42.2 Å². The molecule has 130 valence electrons. The van der Waals surface area contributed by atoms with E-state index in [2.05, 4.69) is 5.10 Å². The molecule has 1 aromatic heterocycles. The van der Waals surface area contributed by atoms with E-state index in [1.165, 1.54) is 17.2 Å². The molecule has 0 saturated heterocycles. The zero-order valence-electron chi connectivity index (χ0n) is 13.5. The van der Waals surface area contributed by atoms with Gasteiger partial charge in [0.05, 0.1) is 21.1 Å². The van der Waals surface area contributed by atoms with Gasteiger partial charge in [0.25, 0.3) is 0 Å². The van der Waals surface area contributed by atoms with Crippen LogP contribution < -0.4 is 0 Å². The summed E-state index contributed by atoms with van der Waals surface area (Å²) >= 11 is 12.1. The lowest BCUT2D eigenvalue weighted by molar-refractivity contribution is 0.201. The van der Waals surface area contributed by atoms with E-state index >= 15 is 0 Å². The van der Waals surface area contributed by atoms with Gasteiger partial charge in [-0.15, -0.1) is 0 Å². The standard InChI is InChI=1S/C15H17Cl2N3O3S/c1-4-19(5-2)15(21)20-9-12(17)14(18-20)24(22,23)13-10(3)7-6-8-11(13)16/h6-9H,4-5H2,1-3H3. The van der Waals surface area contributed by atoms with Gasteiger partial charge in [-0.05, 0) is 32.4 Å². The molecule has 0 radical (unpaired) electrons. The fraction of sp³-hybridized carbons (Fsp3) is 0.333. The molecular formula is C15H17Cl2N3O3S. The van der Waals surface area contributed by atoms with Crippen LogP contribution in [-0.2, 0) is 9.84 Å². The van der Waals surface area contributed by atoms with Gasteiger partial charge in [0.1, 0.15) is 0 Å². The number of benzene rings is 1. The lowest BCUT2D eigenvalue weighted by atomic mass is 10.2. The SMILES string of the molecule is CCN(CC)C(=O)n1cc(Cl)c(S(=O)(=O)c2c(C)cccc2Cl)n1. The van der Waals surface area contributed by atoms with Gasteiger partial charge in [0, 0.05) is 13.1 Å². The summed E-state index contributed by atoms with van der Waals surface area (Å²) in [5.74, 6) is 0. The molecule has 6 nitrogen and oxygen atoms in total. The van der Waals surface area contributed by atoms with E-state index < -0.39 is 15.9 Å². The third-order valence-electron chi connectivity index (χ3n) is 3.56. The van der Waals surface area contributed by atoms with Crippen LogP contribution >= 0.6 is 23.2 Å². The fourth-order valence-corrected chi connectivity index (χ4v) is 4.79. The lowest BCUT2D eigenvalue weighted by Gasteiger charge is -2.17. The highest BCUT2D eigenvalue weighted by Crippen LogP contribution is 2.32. The number of rotatable bonds is 4. The molecule has 0 atom stereocenters. The van der Waals surface area contributed by atoms with Gasteiger partial charge in [-0.25, -0.2) is 13.2 Å². The number of carbonyl (C=O) groups excluding carboxylic acids is 1. The van der Waals surface area contributed by atoms with Crippen LogP contribution in [0.4, 0.5) is 4.79 Å². The number of hydrogen-bond acceptors (Lipinski definition) is 4. The third-order valence-corrected chi connectivity index (χ3v) is 6.26. The van der Waals surface area contributed by atoms with Gasteiger partial charge in [0.15, 0.2) is 0 Å². The molecule has 2 rings (SSSR count). The van der Waals surface area contributed by atoms with E-state index in [0.717, 1.165) is 4.68 Å². The van der Waals surface area contributed by atoms with Crippen molar-refractivity contribution < 1.29 is 13.2 Å². The molecule has 0 spiro atoms. The molecule has 0 aliphatic rings.